The lowest BCUT2D eigenvalue weighted by molar-refractivity contribution is 0.596. The second-order valence-electron chi connectivity index (χ2n) is 5.81. The van der Waals surface area contributed by atoms with Crippen LogP contribution in [-0.4, -0.2) is 23.6 Å². The lowest BCUT2D eigenvalue weighted by Gasteiger charge is -2.27. The Hall–Kier alpha value is -0.740. The molecule has 0 aromatic heterocycles. The normalized spacial score (nSPS) is 21.0. The zero-order chi connectivity index (χ0) is 14.0. The SMILES string of the molecule is C[C@H](N)c1cccc(F)c1N1CCSC(C)(C)CC1. The van der Waals surface area contributed by atoms with Gasteiger partial charge in [-0.2, -0.15) is 11.8 Å². The second kappa shape index (κ2) is 5.71. The van der Waals surface area contributed by atoms with Gasteiger partial charge in [0.1, 0.15) is 5.82 Å². The van der Waals surface area contributed by atoms with Gasteiger partial charge in [0.25, 0.3) is 0 Å². The number of nitrogens with two attached hydrogens (primary N) is 1. The average Bonchev–Trinajstić information content (AvgIpc) is 2.50. The summed E-state index contributed by atoms with van der Waals surface area (Å²) in [5.41, 5.74) is 7.60. The van der Waals surface area contributed by atoms with Gasteiger partial charge in [-0.1, -0.05) is 26.0 Å². The number of anilines is 1. The zero-order valence-electron chi connectivity index (χ0n) is 11.9. The third kappa shape index (κ3) is 3.42. The van der Waals surface area contributed by atoms with Gasteiger partial charge in [0.2, 0.25) is 0 Å². The van der Waals surface area contributed by atoms with Gasteiger partial charge in [0.05, 0.1) is 5.69 Å². The number of hydrogen-bond acceptors (Lipinski definition) is 3. The number of halogens is 1. The third-order valence-electron chi connectivity index (χ3n) is 3.66. The van der Waals surface area contributed by atoms with Crippen molar-refractivity contribution < 1.29 is 4.39 Å². The molecule has 2 rings (SSSR count). The first-order valence-electron chi connectivity index (χ1n) is 6.83. The summed E-state index contributed by atoms with van der Waals surface area (Å²) >= 11 is 1.96. The monoisotopic (exact) mass is 282 g/mol. The molecule has 0 spiro atoms. The highest BCUT2D eigenvalue weighted by atomic mass is 32.2. The molecule has 1 aromatic carbocycles. The lowest BCUT2D eigenvalue weighted by atomic mass is 10.0. The molecule has 1 aliphatic heterocycles. The standard InChI is InChI=1S/C15H23FN2S/c1-11(17)12-5-4-6-13(16)14(12)18-8-7-15(2,3)19-10-9-18/h4-6,11H,7-10,17H2,1-3H3/t11-/m0/s1. The van der Waals surface area contributed by atoms with E-state index < -0.39 is 0 Å². The first kappa shape index (κ1) is 14.7. The molecule has 4 heteroatoms. The van der Waals surface area contributed by atoms with Crippen LogP contribution in [0.1, 0.15) is 38.8 Å². The molecule has 0 bridgehead atoms. The molecule has 1 saturated heterocycles. The Morgan fingerprint density at radius 3 is 2.79 bits per heavy atom. The van der Waals surface area contributed by atoms with Crippen molar-refractivity contribution in [3.63, 3.8) is 0 Å². The Bertz CT molecular complexity index is 446. The van der Waals surface area contributed by atoms with E-state index in [-0.39, 0.29) is 16.6 Å². The van der Waals surface area contributed by atoms with Crippen molar-refractivity contribution in [3.8, 4) is 0 Å². The Kier molecular flexibility index (Phi) is 4.41. The van der Waals surface area contributed by atoms with Crippen molar-refractivity contribution in [3.05, 3.63) is 29.6 Å². The van der Waals surface area contributed by atoms with E-state index in [9.17, 15) is 4.39 Å². The highest BCUT2D eigenvalue weighted by molar-refractivity contribution is 8.00. The molecule has 1 aliphatic rings. The van der Waals surface area contributed by atoms with E-state index in [2.05, 4.69) is 18.7 Å². The second-order valence-corrected chi connectivity index (χ2v) is 7.61. The maximum Gasteiger partial charge on any atom is 0.146 e. The van der Waals surface area contributed by atoms with Gasteiger partial charge in [-0.05, 0) is 25.0 Å². The summed E-state index contributed by atoms with van der Waals surface area (Å²) in [6.45, 7) is 8.20. The third-order valence-corrected chi connectivity index (χ3v) is 5.03. The number of benzene rings is 1. The van der Waals surface area contributed by atoms with E-state index in [1.807, 2.05) is 24.8 Å². The van der Waals surface area contributed by atoms with Crippen LogP contribution in [-0.2, 0) is 0 Å². The van der Waals surface area contributed by atoms with E-state index in [4.69, 9.17) is 5.73 Å². The number of nitrogens with zero attached hydrogens (tertiary/aromatic N) is 1. The van der Waals surface area contributed by atoms with Gasteiger partial charge >= 0.3 is 0 Å². The number of para-hydroxylation sites is 1. The van der Waals surface area contributed by atoms with Crippen LogP contribution in [0, 0.1) is 5.82 Å². The van der Waals surface area contributed by atoms with Crippen molar-refractivity contribution in [2.24, 2.45) is 5.73 Å². The summed E-state index contributed by atoms with van der Waals surface area (Å²) < 4.78 is 14.5. The molecule has 1 heterocycles. The minimum Gasteiger partial charge on any atom is -0.368 e. The highest BCUT2D eigenvalue weighted by Gasteiger charge is 2.26. The molecule has 0 amide bonds. The van der Waals surface area contributed by atoms with Crippen molar-refractivity contribution >= 4 is 17.4 Å². The number of hydrogen-bond donors (Lipinski definition) is 1. The summed E-state index contributed by atoms with van der Waals surface area (Å²) in [5, 5.41) is 0. The topological polar surface area (TPSA) is 29.3 Å². The number of thioether (sulfide) groups is 1. The van der Waals surface area contributed by atoms with E-state index in [1.165, 1.54) is 6.07 Å². The molecule has 2 N–H and O–H groups in total. The fraction of sp³-hybridized carbons (Fsp3) is 0.600. The Balaban J connectivity index is 2.31. The van der Waals surface area contributed by atoms with Gasteiger partial charge in [-0.15, -0.1) is 0 Å². The molecular formula is C15H23FN2S. The summed E-state index contributed by atoms with van der Waals surface area (Å²) in [5.74, 6) is 0.874. The minimum atomic E-state index is -0.153. The lowest BCUT2D eigenvalue weighted by Crippen LogP contribution is -2.29. The van der Waals surface area contributed by atoms with Crippen molar-refractivity contribution in [2.75, 3.05) is 23.7 Å². The van der Waals surface area contributed by atoms with Gasteiger partial charge in [-0.3, -0.25) is 0 Å². The predicted molar refractivity (Wildman–Crippen MR) is 82.4 cm³/mol. The quantitative estimate of drug-likeness (QED) is 0.899. The molecule has 1 fully saturated rings. The van der Waals surface area contributed by atoms with E-state index in [1.54, 1.807) is 6.07 Å². The molecule has 2 nitrogen and oxygen atoms in total. The molecule has 0 unspecified atom stereocenters. The van der Waals surface area contributed by atoms with Crippen LogP contribution in [0.5, 0.6) is 0 Å². The smallest absolute Gasteiger partial charge is 0.146 e. The van der Waals surface area contributed by atoms with Gasteiger partial charge in [0, 0.05) is 29.6 Å². The van der Waals surface area contributed by atoms with Crippen molar-refractivity contribution in [1.82, 2.24) is 0 Å². The molecule has 106 valence electrons. The van der Waals surface area contributed by atoms with Crippen LogP contribution in [0.2, 0.25) is 0 Å². The Morgan fingerprint density at radius 1 is 1.37 bits per heavy atom. The van der Waals surface area contributed by atoms with Crippen LogP contribution >= 0.6 is 11.8 Å². The first-order valence-corrected chi connectivity index (χ1v) is 7.82. The molecule has 1 aromatic rings. The zero-order valence-corrected chi connectivity index (χ0v) is 12.8. The maximum atomic E-state index is 14.2. The van der Waals surface area contributed by atoms with E-state index >= 15 is 0 Å². The van der Waals surface area contributed by atoms with Gasteiger partial charge in [-0.25, -0.2) is 4.39 Å². The van der Waals surface area contributed by atoms with Crippen molar-refractivity contribution in [1.29, 1.82) is 0 Å². The molecule has 1 atom stereocenters. The Labute approximate surface area is 119 Å². The van der Waals surface area contributed by atoms with Crippen molar-refractivity contribution in [2.45, 2.75) is 38.0 Å². The average molecular weight is 282 g/mol. The highest BCUT2D eigenvalue weighted by Crippen LogP contribution is 2.35. The first-order chi connectivity index (χ1) is 8.91. The summed E-state index contributed by atoms with van der Waals surface area (Å²) in [7, 11) is 0. The Morgan fingerprint density at radius 2 is 2.11 bits per heavy atom. The largest absolute Gasteiger partial charge is 0.368 e. The van der Waals surface area contributed by atoms with Gasteiger partial charge in [0.15, 0.2) is 0 Å². The van der Waals surface area contributed by atoms with E-state index in [0.717, 1.165) is 30.8 Å². The summed E-state index contributed by atoms with van der Waals surface area (Å²) in [6, 6.07) is 5.07. The molecule has 19 heavy (non-hydrogen) atoms. The minimum absolute atomic E-state index is 0.144. The van der Waals surface area contributed by atoms with Crippen LogP contribution in [0.3, 0.4) is 0 Å². The van der Waals surface area contributed by atoms with Gasteiger partial charge < -0.3 is 10.6 Å². The van der Waals surface area contributed by atoms with Crippen LogP contribution < -0.4 is 10.6 Å². The summed E-state index contributed by atoms with van der Waals surface area (Å²) in [6.07, 6.45) is 1.06. The summed E-state index contributed by atoms with van der Waals surface area (Å²) in [4.78, 5) is 2.16. The number of rotatable bonds is 2. The van der Waals surface area contributed by atoms with Crippen LogP contribution in [0.15, 0.2) is 18.2 Å². The van der Waals surface area contributed by atoms with E-state index in [0.29, 0.717) is 5.69 Å². The fourth-order valence-corrected chi connectivity index (χ4v) is 3.58. The van der Waals surface area contributed by atoms with Crippen LogP contribution in [0.25, 0.3) is 0 Å². The molecule has 0 saturated carbocycles. The van der Waals surface area contributed by atoms with Crippen LogP contribution in [0.4, 0.5) is 10.1 Å². The molecular weight excluding hydrogens is 259 g/mol. The predicted octanol–water partition coefficient (Wildman–Crippen LogP) is 3.57. The fourth-order valence-electron chi connectivity index (χ4n) is 2.48. The molecule has 0 aliphatic carbocycles. The maximum absolute atomic E-state index is 14.2. The molecule has 0 radical (unpaired) electrons.